The van der Waals surface area contributed by atoms with Gasteiger partial charge in [-0.25, -0.2) is 9.59 Å². The molecule has 0 atom stereocenters. The predicted molar refractivity (Wildman–Crippen MR) is 120 cm³/mol. The summed E-state index contributed by atoms with van der Waals surface area (Å²) in [6.07, 6.45) is 1.47. The van der Waals surface area contributed by atoms with Crippen LogP contribution in [0.15, 0.2) is 48.5 Å². The van der Waals surface area contributed by atoms with Crippen LogP contribution in [0.3, 0.4) is 0 Å². The summed E-state index contributed by atoms with van der Waals surface area (Å²) >= 11 is 0. The predicted octanol–water partition coefficient (Wildman–Crippen LogP) is 3.92. The van der Waals surface area contributed by atoms with Crippen LogP contribution >= 0.6 is 0 Å². The van der Waals surface area contributed by atoms with Gasteiger partial charge in [-0.1, -0.05) is 55.0 Å². The van der Waals surface area contributed by atoms with Gasteiger partial charge in [0.25, 0.3) is 0 Å². The highest BCUT2D eigenvalue weighted by Crippen LogP contribution is 2.45. The van der Waals surface area contributed by atoms with E-state index in [1.54, 1.807) is 0 Å². The van der Waals surface area contributed by atoms with Gasteiger partial charge in [0.2, 0.25) is 5.91 Å². The highest BCUT2D eigenvalue weighted by atomic mass is 19.3. The van der Waals surface area contributed by atoms with E-state index in [2.05, 4.69) is 5.32 Å². The Morgan fingerprint density at radius 1 is 1.00 bits per heavy atom. The monoisotopic (exact) mass is 472 g/mol. The Morgan fingerprint density at radius 3 is 2.12 bits per heavy atom. The molecule has 180 valence electrons. The molecule has 1 saturated carbocycles. The standard InChI is InChI=1S/C25H26F2N2O5/c26-25(27,22(31)32)15-28-21(30)12-24(10-5-11-24)14-29-23(33)34-13-20-18-8-3-1-6-16(18)17-7-2-4-9-19(17)20/h1-4,6-9,20H,5,10-15H2,(H,28,30)(H,29,33)(H,31,32). The van der Waals surface area contributed by atoms with E-state index in [0.717, 1.165) is 28.7 Å². The molecule has 3 N–H and O–H groups in total. The first-order chi connectivity index (χ1) is 16.2. The zero-order valence-corrected chi connectivity index (χ0v) is 18.5. The first-order valence-corrected chi connectivity index (χ1v) is 11.2. The lowest BCUT2D eigenvalue weighted by atomic mass is 9.66. The quantitative estimate of drug-likeness (QED) is 0.513. The Kier molecular flexibility index (Phi) is 6.54. The van der Waals surface area contributed by atoms with Gasteiger partial charge in [0.1, 0.15) is 6.61 Å². The average molecular weight is 472 g/mol. The Bertz CT molecular complexity index is 1050. The number of alkyl carbamates (subject to hydrolysis) is 1. The number of carbonyl (C=O) groups is 3. The van der Waals surface area contributed by atoms with E-state index in [9.17, 15) is 23.2 Å². The molecule has 0 heterocycles. The van der Waals surface area contributed by atoms with Gasteiger partial charge in [-0.15, -0.1) is 0 Å². The third-order valence-electron chi connectivity index (χ3n) is 6.72. The van der Waals surface area contributed by atoms with Crippen LogP contribution in [-0.2, 0) is 14.3 Å². The second kappa shape index (κ2) is 9.40. The highest BCUT2D eigenvalue weighted by molar-refractivity contribution is 5.80. The number of benzene rings is 2. The Labute approximate surface area is 195 Å². The maximum Gasteiger partial charge on any atom is 0.407 e. The maximum absolute atomic E-state index is 13.2. The van der Waals surface area contributed by atoms with Crippen molar-refractivity contribution in [3.63, 3.8) is 0 Å². The largest absolute Gasteiger partial charge is 0.477 e. The number of hydrogen-bond acceptors (Lipinski definition) is 4. The molecule has 1 fully saturated rings. The van der Waals surface area contributed by atoms with Gasteiger partial charge in [0.15, 0.2) is 0 Å². The van der Waals surface area contributed by atoms with Crippen molar-refractivity contribution in [3.05, 3.63) is 59.7 Å². The molecule has 2 aliphatic rings. The fourth-order valence-electron chi connectivity index (χ4n) is 4.69. The smallest absolute Gasteiger partial charge is 0.407 e. The number of carbonyl (C=O) groups excluding carboxylic acids is 2. The molecule has 0 aliphatic heterocycles. The molecule has 9 heteroatoms. The number of carboxylic acid groups (broad SMARTS) is 1. The van der Waals surface area contributed by atoms with E-state index in [0.29, 0.717) is 12.8 Å². The van der Waals surface area contributed by atoms with E-state index >= 15 is 0 Å². The Hall–Kier alpha value is -3.49. The Balaban J connectivity index is 1.29. The summed E-state index contributed by atoms with van der Waals surface area (Å²) in [4.78, 5) is 35.0. The van der Waals surface area contributed by atoms with Crippen LogP contribution in [0.4, 0.5) is 13.6 Å². The number of nitrogens with one attached hydrogen (secondary N) is 2. The molecule has 2 aliphatic carbocycles. The van der Waals surface area contributed by atoms with Crippen LogP contribution in [0.25, 0.3) is 11.1 Å². The van der Waals surface area contributed by atoms with Crippen molar-refractivity contribution in [2.45, 2.75) is 37.5 Å². The van der Waals surface area contributed by atoms with Crippen LogP contribution in [-0.4, -0.2) is 48.7 Å². The highest BCUT2D eigenvalue weighted by Gasteiger charge is 2.42. The molecule has 0 saturated heterocycles. The molecule has 2 amide bonds. The summed E-state index contributed by atoms with van der Waals surface area (Å²) in [5, 5.41) is 13.2. The first kappa shape index (κ1) is 23.7. The fraction of sp³-hybridized carbons (Fsp3) is 0.400. The molecule has 7 nitrogen and oxygen atoms in total. The van der Waals surface area contributed by atoms with Crippen molar-refractivity contribution in [3.8, 4) is 11.1 Å². The van der Waals surface area contributed by atoms with Crippen molar-refractivity contribution in [2.75, 3.05) is 19.7 Å². The summed E-state index contributed by atoms with van der Waals surface area (Å²) in [7, 11) is 0. The minimum absolute atomic E-state index is 0.0718. The zero-order chi connectivity index (χ0) is 24.3. The van der Waals surface area contributed by atoms with Crippen LogP contribution in [0.1, 0.15) is 42.7 Å². The number of amides is 2. The van der Waals surface area contributed by atoms with Crippen molar-refractivity contribution >= 4 is 18.0 Å². The summed E-state index contributed by atoms with van der Waals surface area (Å²) in [6.45, 7) is -0.929. The van der Waals surface area contributed by atoms with Crippen LogP contribution in [0.2, 0.25) is 0 Å². The number of fused-ring (bicyclic) bond motifs is 3. The molecule has 0 radical (unpaired) electrons. The van der Waals surface area contributed by atoms with Gasteiger partial charge in [-0.05, 0) is 40.5 Å². The van der Waals surface area contributed by atoms with Gasteiger partial charge in [-0.3, -0.25) is 4.79 Å². The number of rotatable bonds is 9. The molecule has 4 rings (SSSR count). The number of ether oxygens (including phenoxy) is 1. The van der Waals surface area contributed by atoms with E-state index in [1.165, 1.54) is 0 Å². The maximum atomic E-state index is 13.2. The molecule has 34 heavy (non-hydrogen) atoms. The van der Waals surface area contributed by atoms with Crippen LogP contribution in [0.5, 0.6) is 0 Å². The van der Waals surface area contributed by atoms with Gasteiger partial charge in [-0.2, -0.15) is 8.78 Å². The Morgan fingerprint density at radius 2 is 1.59 bits per heavy atom. The number of hydrogen-bond donors (Lipinski definition) is 3. The fourth-order valence-corrected chi connectivity index (χ4v) is 4.69. The van der Waals surface area contributed by atoms with Crippen molar-refractivity contribution < 1.29 is 33.0 Å². The van der Waals surface area contributed by atoms with E-state index < -0.39 is 35.9 Å². The van der Waals surface area contributed by atoms with E-state index in [-0.39, 0.29) is 25.5 Å². The first-order valence-electron chi connectivity index (χ1n) is 11.2. The number of aliphatic carboxylic acids is 1. The number of carboxylic acids is 1. The van der Waals surface area contributed by atoms with E-state index in [1.807, 2.05) is 53.8 Å². The number of alkyl halides is 2. The molecule has 0 spiro atoms. The SMILES string of the molecule is O=C(CC1(CNC(=O)OCC2c3ccccc3-c3ccccc32)CCC1)NCC(F)(F)C(=O)O. The van der Waals surface area contributed by atoms with Crippen LogP contribution in [0, 0.1) is 5.41 Å². The summed E-state index contributed by atoms with van der Waals surface area (Å²) in [6, 6.07) is 16.0. The zero-order valence-electron chi connectivity index (χ0n) is 18.5. The summed E-state index contributed by atoms with van der Waals surface area (Å²) in [5.74, 6) is -7.06. The van der Waals surface area contributed by atoms with Crippen LogP contribution < -0.4 is 10.6 Å². The van der Waals surface area contributed by atoms with Crippen molar-refractivity contribution in [1.29, 1.82) is 0 Å². The normalized spacial score (nSPS) is 16.1. The third-order valence-corrected chi connectivity index (χ3v) is 6.72. The molecular weight excluding hydrogens is 446 g/mol. The van der Waals surface area contributed by atoms with E-state index in [4.69, 9.17) is 9.84 Å². The lowest BCUT2D eigenvalue weighted by Crippen LogP contribution is -2.47. The topological polar surface area (TPSA) is 105 Å². The molecule has 0 bridgehead atoms. The molecule has 0 aromatic heterocycles. The average Bonchev–Trinajstić information content (AvgIpc) is 3.11. The lowest BCUT2D eigenvalue weighted by Gasteiger charge is -2.41. The van der Waals surface area contributed by atoms with Gasteiger partial charge in [0.05, 0.1) is 6.54 Å². The molecule has 2 aromatic carbocycles. The second-order valence-electron chi connectivity index (χ2n) is 9.00. The molecular formula is C25H26F2N2O5. The third kappa shape index (κ3) is 4.88. The van der Waals surface area contributed by atoms with Gasteiger partial charge in [0, 0.05) is 18.9 Å². The second-order valence-corrected chi connectivity index (χ2v) is 9.00. The molecule has 0 unspecified atom stereocenters. The molecule has 2 aromatic rings. The number of halogens is 2. The van der Waals surface area contributed by atoms with Crippen molar-refractivity contribution in [2.24, 2.45) is 5.41 Å². The van der Waals surface area contributed by atoms with Crippen molar-refractivity contribution in [1.82, 2.24) is 10.6 Å². The minimum Gasteiger partial charge on any atom is -0.477 e. The van der Waals surface area contributed by atoms with Gasteiger partial charge >= 0.3 is 18.0 Å². The summed E-state index contributed by atoms with van der Waals surface area (Å²) < 4.78 is 31.9. The lowest BCUT2D eigenvalue weighted by molar-refractivity contribution is -0.164. The minimum atomic E-state index is -4.03. The summed E-state index contributed by atoms with van der Waals surface area (Å²) in [5.41, 5.74) is 3.90. The van der Waals surface area contributed by atoms with Gasteiger partial charge < -0.3 is 20.5 Å².